The number of rotatable bonds is 8. The van der Waals surface area contributed by atoms with Crippen molar-refractivity contribution in [2.24, 2.45) is 5.10 Å². The molecule has 1 aliphatic heterocycles. The minimum absolute atomic E-state index is 0.0194. The first-order valence-electron chi connectivity index (χ1n) is 13.5. The van der Waals surface area contributed by atoms with E-state index in [9.17, 15) is 31.5 Å². The highest BCUT2D eigenvalue weighted by molar-refractivity contribution is 6.40. The van der Waals surface area contributed by atoms with Gasteiger partial charge in [-0.15, -0.1) is 0 Å². The highest BCUT2D eigenvalue weighted by Crippen LogP contribution is 2.37. The van der Waals surface area contributed by atoms with Gasteiger partial charge in [0, 0.05) is 36.2 Å². The molecule has 1 aliphatic rings. The lowest BCUT2D eigenvalue weighted by molar-refractivity contribution is -0.113. The number of aromatic nitrogens is 1. The smallest absolute Gasteiger partial charge is 0.431 e. The molecule has 2 amide bonds. The van der Waals surface area contributed by atoms with Crippen molar-refractivity contribution < 1.29 is 36.3 Å². The maximum absolute atomic E-state index is 13.7. The maximum Gasteiger partial charge on any atom is 0.431 e. The van der Waals surface area contributed by atoms with Crippen LogP contribution >= 0.6 is 23.2 Å². The summed E-state index contributed by atoms with van der Waals surface area (Å²) in [5.41, 5.74) is -1.76. The molecule has 0 radical (unpaired) electrons. The maximum atomic E-state index is 13.7. The van der Waals surface area contributed by atoms with Gasteiger partial charge < -0.3 is 15.4 Å². The fourth-order valence-corrected chi connectivity index (χ4v) is 5.03. The van der Waals surface area contributed by atoms with E-state index in [0.29, 0.717) is 21.8 Å². The normalized spacial score (nSPS) is 14.0. The molecular weight excluding hydrogens is 656 g/mol. The van der Waals surface area contributed by atoms with E-state index in [0.717, 1.165) is 18.2 Å². The Morgan fingerprint density at radius 1 is 1.02 bits per heavy atom. The summed E-state index contributed by atoms with van der Waals surface area (Å²) < 4.78 is 73.3. The number of nitrogens with zero attached hydrogens (tertiary/aromatic N) is 3. The first-order chi connectivity index (χ1) is 21.8. The predicted octanol–water partition coefficient (Wildman–Crippen LogP) is 7.67. The molecule has 8 nitrogen and oxygen atoms in total. The van der Waals surface area contributed by atoms with Crippen molar-refractivity contribution in [2.75, 3.05) is 16.9 Å². The molecule has 0 fully saturated rings. The van der Waals surface area contributed by atoms with Gasteiger partial charge in [0.2, 0.25) is 0 Å². The quantitative estimate of drug-likeness (QED) is 0.187. The Labute approximate surface area is 268 Å². The van der Waals surface area contributed by atoms with Gasteiger partial charge >= 0.3 is 6.18 Å². The average molecular weight is 678 g/mol. The molecule has 0 spiro atoms. The number of carbonyl (C=O) groups excluding carboxylic acids is 2. The summed E-state index contributed by atoms with van der Waals surface area (Å²) in [6.07, 6.45) is -3.24. The zero-order chi connectivity index (χ0) is 33.2. The minimum atomic E-state index is -4.80. The second kappa shape index (κ2) is 13.3. The van der Waals surface area contributed by atoms with Crippen LogP contribution in [0.5, 0.6) is 5.75 Å². The molecule has 2 N–H and O–H groups in total. The molecule has 2 heterocycles. The van der Waals surface area contributed by atoms with Crippen molar-refractivity contribution in [3.05, 3.63) is 106 Å². The lowest BCUT2D eigenvalue weighted by atomic mass is 10.0. The Balaban J connectivity index is 1.45. The third-order valence-electron chi connectivity index (χ3n) is 6.62. The number of allylic oxidation sites excluding steroid dienone is 1. The molecular formula is C31H22Cl2F5N5O3. The van der Waals surface area contributed by atoms with Crippen LogP contribution in [0.4, 0.5) is 33.5 Å². The topological polar surface area (TPSA) is 95.9 Å². The number of alkyl halides is 3. The van der Waals surface area contributed by atoms with Gasteiger partial charge in [0.25, 0.3) is 11.8 Å². The number of anilines is 2. The number of benzene rings is 3. The molecule has 4 aromatic rings. The predicted molar refractivity (Wildman–Crippen MR) is 164 cm³/mol. The number of halogens is 7. The van der Waals surface area contributed by atoms with Crippen molar-refractivity contribution in [1.29, 1.82) is 0 Å². The second-order valence-electron chi connectivity index (χ2n) is 10.0. The highest BCUT2D eigenvalue weighted by atomic mass is 35.5. The fourth-order valence-electron chi connectivity index (χ4n) is 4.51. The third kappa shape index (κ3) is 7.21. The standard InChI is InChI=1S/C31H22Cl2F5N5O3/c1-16(15-46-20-13-18(34)12-19(35)14-20)40-29(44)22-11-17-5-2-3-6-21(17)26(33)27(22)41-30(45)24-8-9-25(31(36,37)38)42-43(24)28-23(32)7-4-10-39-28/h2-8,10-14,16H,9,15H2,1H3,(H,40,44)(H,41,45). The van der Waals surface area contributed by atoms with Gasteiger partial charge in [0.1, 0.15) is 35.4 Å². The molecule has 1 unspecified atom stereocenters. The molecule has 1 atom stereocenters. The largest absolute Gasteiger partial charge is 0.491 e. The van der Waals surface area contributed by atoms with E-state index in [4.69, 9.17) is 27.9 Å². The van der Waals surface area contributed by atoms with Crippen LogP contribution in [0.25, 0.3) is 10.8 Å². The average Bonchev–Trinajstić information content (AvgIpc) is 3.00. The van der Waals surface area contributed by atoms with E-state index in [2.05, 4.69) is 20.7 Å². The third-order valence-corrected chi connectivity index (χ3v) is 7.31. The number of hydrogen-bond acceptors (Lipinski definition) is 6. The van der Waals surface area contributed by atoms with Gasteiger partial charge in [-0.25, -0.2) is 18.8 Å². The zero-order valence-corrected chi connectivity index (χ0v) is 25.1. The highest BCUT2D eigenvalue weighted by Gasteiger charge is 2.39. The molecule has 0 saturated heterocycles. The molecule has 1 aromatic heterocycles. The Morgan fingerprint density at radius 2 is 1.74 bits per heavy atom. The van der Waals surface area contributed by atoms with E-state index >= 15 is 0 Å². The van der Waals surface area contributed by atoms with Crippen LogP contribution in [0.1, 0.15) is 23.7 Å². The van der Waals surface area contributed by atoms with Crippen LogP contribution < -0.4 is 20.4 Å². The Morgan fingerprint density at radius 3 is 2.43 bits per heavy atom. The van der Waals surface area contributed by atoms with Gasteiger partial charge in [-0.05, 0) is 36.6 Å². The number of nitrogens with one attached hydrogen (secondary N) is 2. The summed E-state index contributed by atoms with van der Waals surface area (Å²) in [5, 5.41) is 10.5. The Hall–Kier alpha value is -4.75. The first-order valence-corrected chi connectivity index (χ1v) is 14.2. The molecule has 46 heavy (non-hydrogen) atoms. The van der Waals surface area contributed by atoms with Crippen molar-refractivity contribution in [1.82, 2.24) is 10.3 Å². The number of ether oxygens (including phenoxy) is 1. The SMILES string of the molecule is CC(COc1cc(F)cc(F)c1)NC(=O)c1cc2ccccc2c(Cl)c1NC(=O)C1=CCC(C(F)(F)F)=NN1c1ncccc1Cl. The monoisotopic (exact) mass is 677 g/mol. The van der Waals surface area contributed by atoms with Gasteiger partial charge in [0.15, 0.2) is 5.82 Å². The van der Waals surface area contributed by atoms with E-state index in [1.54, 1.807) is 31.2 Å². The number of amides is 2. The molecule has 5 rings (SSSR count). The van der Waals surface area contributed by atoms with E-state index in [-0.39, 0.29) is 45.2 Å². The molecule has 3 aromatic carbocycles. The van der Waals surface area contributed by atoms with Crippen molar-refractivity contribution >= 4 is 63.0 Å². The second-order valence-corrected chi connectivity index (χ2v) is 10.8. The zero-order valence-electron chi connectivity index (χ0n) is 23.6. The fraction of sp³-hybridized carbons (Fsp3) is 0.161. The summed E-state index contributed by atoms with van der Waals surface area (Å²) in [4.78, 5) is 31.2. The van der Waals surface area contributed by atoms with Gasteiger partial charge in [-0.1, -0.05) is 47.5 Å². The van der Waals surface area contributed by atoms with Crippen LogP contribution in [-0.4, -0.2) is 41.3 Å². The summed E-state index contributed by atoms with van der Waals surface area (Å²) in [6.45, 7) is 1.40. The summed E-state index contributed by atoms with van der Waals surface area (Å²) in [7, 11) is 0. The molecule has 0 saturated carbocycles. The van der Waals surface area contributed by atoms with E-state index in [1.807, 2.05) is 0 Å². The van der Waals surface area contributed by atoms with Gasteiger partial charge in [-0.3, -0.25) is 9.59 Å². The minimum Gasteiger partial charge on any atom is -0.491 e. The number of carbonyl (C=O) groups is 2. The first kappa shape index (κ1) is 32.6. The summed E-state index contributed by atoms with van der Waals surface area (Å²) >= 11 is 12.9. The van der Waals surface area contributed by atoms with Crippen molar-refractivity contribution in [3.8, 4) is 5.75 Å². The van der Waals surface area contributed by atoms with E-state index < -0.39 is 47.8 Å². The summed E-state index contributed by atoms with van der Waals surface area (Å²) in [5.74, 6) is -3.66. The number of fused-ring (bicyclic) bond motifs is 1. The Kier molecular flexibility index (Phi) is 9.44. The van der Waals surface area contributed by atoms with Crippen LogP contribution in [0.3, 0.4) is 0 Å². The lowest BCUT2D eigenvalue weighted by Crippen LogP contribution is -2.38. The number of hydrazone groups is 1. The summed E-state index contributed by atoms with van der Waals surface area (Å²) in [6, 6.07) is 13.0. The number of pyridine rings is 1. The Bertz CT molecular complexity index is 1880. The van der Waals surface area contributed by atoms with Crippen LogP contribution in [0.2, 0.25) is 10.0 Å². The van der Waals surface area contributed by atoms with Crippen molar-refractivity contribution in [3.63, 3.8) is 0 Å². The van der Waals surface area contributed by atoms with Crippen LogP contribution in [0.15, 0.2) is 83.7 Å². The van der Waals surface area contributed by atoms with Gasteiger partial charge in [0.05, 0.1) is 27.3 Å². The molecule has 0 bridgehead atoms. The lowest BCUT2D eigenvalue weighted by Gasteiger charge is -2.27. The molecule has 15 heteroatoms. The molecule has 238 valence electrons. The number of hydrogen-bond donors (Lipinski definition) is 2. The molecule has 0 aliphatic carbocycles. The van der Waals surface area contributed by atoms with Crippen LogP contribution in [0, 0.1) is 11.6 Å². The van der Waals surface area contributed by atoms with Crippen LogP contribution in [-0.2, 0) is 4.79 Å². The van der Waals surface area contributed by atoms with E-state index in [1.165, 1.54) is 24.4 Å². The van der Waals surface area contributed by atoms with Gasteiger partial charge in [-0.2, -0.15) is 18.3 Å². The van der Waals surface area contributed by atoms with Crippen molar-refractivity contribution in [2.45, 2.75) is 25.6 Å².